The Hall–Kier alpha value is -1.84. The summed E-state index contributed by atoms with van der Waals surface area (Å²) in [5, 5.41) is 3.23. The third kappa shape index (κ3) is 5.33. The second kappa shape index (κ2) is 9.20. The fraction of sp³-hybridized carbons (Fsp3) is 0.409. The number of halogens is 1. The maximum atomic E-state index is 12.8. The van der Waals surface area contributed by atoms with E-state index in [1.54, 1.807) is 0 Å². The topological polar surface area (TPSA) is 55.1 Å². The normalized spacial score (nSPS) is 16.8. The number of carbonyl (C=O) groups is 1. The summed E-state index contributed by atoms with van der Waals surface area (Å²) in [6, 6.07) is 20.7. The molecule has 2 atom stereocenters. The Labute approximate surface area is 162 Å². The molecule has 1 aliphatic carbocycles. The lowest BCUT2D eigenvalue weighted by molar-refractivity contribution is -0.123. The number of rotatable bonds is 8. The second-order valence-corrected chi connectivity index (χ2v) is 7.45. The van der Waals surface area contributed by atoms with Crippen molar-refractivity contribution in [1.82, 2.24) is 5.32 Å². The minimum Gasteiger partial charge on any atom is -0.349 e. The van der Waals surface area contributed by atoms with Crippen molar-refractivity contribution < 1.29 is 4.79 Å². The van der Waals surface area contributed by atoms with Crippen molar-refractivity contribution in [2.75, 3.05) is 6.54 Å². The molecule has 1 amide bonds. The predicted octanol–water partition coefficient (Wildman–Crippen LogP) is 4.07. The lowest BCUT2D eigenvalue weighted by Crippen LogP contribution is -2.53. The molecule has 0 radical (unpaired) electrons. The van der Waals surface area contributed by atoms with Gasteiger partial charge in [0.15, 0.2) is 0 Å². The molecule has 0 saturated heterocycles. The first-order chi connectivity index (χ1) is 12.1. The minimum atomic E-state index is -0.259. The first-order valence-corrected chi connectivity index (χ1v) is 9.20. The molecule has 1 saturated carbocycles. The fourth-order valence-corrected chi connectivity index (χ4v) is 3.57. The van der Waals surface area contributed by atoms with Crippen LogP contribution in [-0.4, -0.2) is 18.0 Å². The van der Waals surface area contributed by atoms with Crippen molar-refractivity contribution in [1.29, 1.82) is 0 Å². The van der Waals surface area contributed by atoms with Crippen LogP contribution in [0.25, 0.3) is 0 Å². The van der Waals surface area contributed by atoms with Gasteiger partial charge in [0.1, 0.15) is 0 Å². The lowest BCUT2D eigenvalue weighted by atomic mass is 9.88. The van der Waals surface area contributed by atoms with Gasteiger partial charge in [0, 0.05) is 13.0 Å². The van der Waals surface area contributed by atoms with Gasteiger partial charge in [-0.3, -0.25) is 4.79 Å². The molecule has 2 aromatic rings. The number of nitrogens with two attached hydrogens (primary N) is 1. The molecule has 0 spiro atoms. The van der Waals surface area contributed by atoms with Gasteiger partial charge in [0.25, 0.3) is 0 Å². The van der Waals surface area contributed by atoms with Crippen molar-refractivity contribution in [3.8, 4) is 0 Å². The molecule has 3 N–H and O–H groups in total. The molecule has 2 aromatic carbocycles. The van der Waals surface area contributed by atoms with Gasteiger partial charge in [0.05, 0.1) is 5.54 Å². The molecule has 2 unspecified atom stereocenters. The second-order valence-electron chi connectivity index (χ2n) is 7.45. The summed E-state index contributed by atoms with van der Waals surface area (Å²) in [6.45, 7) is 2.58. The molecule has 0 aromatic heterocycles. The van der Waals surface area contributed by atoms with Gasteiger partial charge in [-0.25, -0.2) is 0 Å². The summed E-state index contributed by atoms with van der Waals surface area (Å²) in [6.07, 6.45) is 3.68. The van der Waals surface area contributed by atoms with Gasteiger partial charge in [-0.05, 0) is 49.1 Å². The molecule has 0 bridgehead atoms. The van der Waals surface area contributed by atoms with Crippen molar-refractivity contribution in [2.45, 2.75) is 44.1 Å². The van der Waals surface area contributed by atoms with E-state index >= 15 is 0 Å². The van der Waals surface area contributed by atoms with E-state index < -0.39 is 0 Å². The minimum absolute atomic E-state index is 0. The maximum Gasteiger partial charge on any atom is 0.221 e. The van der Waals surface area contributed by atoms with Crippen LogP contribution in [0.1, 0.15) is 43.2 Å². The van der Waals surface area contributed by atoms with Gasteiger partial charge >= 0.3 is 0 Å². The van der Waals surface area contributed by atoms with E-state index in [1.807, 2.05) is 24.3 Å². The zero-order chi connectivity index (χ0) is 17.7. The molecule has 4 heteroatoms. The maximum absolute atomic E-state index is 12.8. The van der Waals surface area contributed by atoms with Gasteiger partial charge in [-0.15, -0.1) is 12.4 Å². The van der Waals surface area contributed by atoms with E-state index in [9.17, 15) is 4.79 Å². The number of hydrogen-bond donors (Lipinski definition) is 2. The molecule has 1 aliphatic rings. The molecular weight excluding hydrogens is 344 g/mol. The summed E-state index contributed by atoms with van der Waals surface area (Å²) in [4.78, 5) is 12.8. The Morgan fingerprint density at radius 2 is 1.69 bits per heavy atom. The van der Waals surface area contributed by atoms with E-state index in [2.05, 4.69) is 48.6 Å². The zero-order valence-corrected chi connectivity index (χ0v) is 16.2. The fourth-order valence-electron chi connectivity index (χ4n) is 3.57. The molecule has 140 valence electrons. The van der Waals surface area contributed by atoms with Gasteiger partial charge in [-0.1, -0.05) is 60.7 Å². The number of amides is 1. The Morgan fingerprint density at radius 1 is 1.12 bits per heavy atom. The highest BCUT2D eigenvalue weighted by Crippen LogP contribution is 2.39. The Bertz CT molecular complexity index is 688. The molecular formula is C22H29ClN2O. The number of carbonyl (C=O) groups excluding carboxylic acids is 1. The van der Waals surface area contributed by atoms with Crippen LogP contribution in [-0.2, 0) is 11.2 Å². The van der Waals surface area contributed by atoms with Gasteiger partial charge < -0.3 is 11.1 Å². The quantitative estimate of drug-likeness (QED) is 0.733. The van der Waals surface area contributed by atoms with Crippen LogP contribution in [0.4, 0.5) is 0 Å². The highest BCUT2D eigenvalue weighted by Gasteiger charge is 2.41. The van der Waals surface area contributed by atoms with Crippen LogP contribution < -0.4 is 11.1 Å². The van der Waals surface area contributed by atoms with E-state index in [0.717, 1.165) is 6.42 Å². The molecule has 0 aliphatic heterocycles. The van der Waals surface area contributed by atoms with Gasteiger partial charge in [-0.2, -0.15) is 0 Å². The number of nitrogens with one attached hydrogen (secondary N) is 1. The molecule has 26 heavy (non-hydrogen) atoms. The van der Waals surface area contributed by atoms with E-state index in [4.69, 9.17) is 5.73 Å². The number of benzene rings is 2. The van der Waals surface area contributed by atoms with Crippen LogP contribution in [0.2, 0.25) is 0 Å². The molecule has 3 nitrogen and oxygen atoms in total. The average molecular weight is 373 g/mol. The summed E-state index contributed by atoms with van der Waals surface area (Å²) >= 11 is 0. The molecule has 1 fully saturated rings. The summed E-state index contributed by atoms with van der Waals surface area (Å²) < 4.78 is 0. The molecule has 3 rings (SSSR count). The SMILES string of the molecule is CC(CN)(NC(=O)CC(Cc1ccccc1)c1ccccc1)C1CC1.Cl. The van der Waals surface area contributed by atoms with E-state index in [-0.39, 0.29) is 29.8 Å². The first kappa shape index (κ1) is 20.5. The van der Waals surface area contributed by atoms with Crippen LogP contribution >= 0.6 is 12.4 Å². The van der Waals surface area contributed by atoms with E-state index in [0.29, 0.717) is 18.9 Å². The van der Waals surface area contributed by atoms with Crippen LogP contribution in [0.5, 0.6) is 0 Å². The van der Waals surface area contributed by atoms with Crippen molar-refractivity contribution in [3.05, 3.63) is 71.8 Å². The summed E-state index contributed by atoms with van der Waals surface area (Å²) in [7, 11) is 0. The summed E-state index contributed by atoms with van der Waals surface area (Å²) in [5.74, 6) is 0.806. The Kier molecular flexibility index (Phi) is 7.24. The summed E-state index contributed by atoms with van der Waals surface area (Å²) in [5.41, 5.74) is 8.16. The van der Waals surface area contributed by atoms with Crippen LogP contribution in [0, 0.1) is 5.92 Å². The highest BCUT2D eigenvalue weighted by molar-refractivity contribution is 5.85. The lowest BCUT2D eigenvalue weighted by Gasteiger charge is -2.30. The number of hydrogen-bond acceptors (Lipinski definition) is 2. The van der Waals surface area contributed by atoms with Crippen LogP contribution in [0.15, 0.2) is 60.7 Å². The highest BCUT2D eigenvalue weighted by atomic mass is 35.5. The van der Waals surface area contributed by atoms with Gasteiger partial charge in [0.2, 0.25) is 5.91 Å². The third-order valence-electron chi connectivity index (χ3n) is 5.36. The predicted molar refractivity (Wildman–Crippen MR) is 110 cm³/mol. The van der Waals surface area contributed by atoms with Crippen LogP contribution in [0.3, 0.4) is 0 Å². The Morgan fingerprint density at radius 3 is 2.23 bits per heavy atom. The Balaban J connectivity index is 0.00000243. The van der Waals surface area contributed by atoms with Crippen molar-refractivity contribution in [2.24, 2.45) is 11.7 Å². The standard InChI is InChI=1S/C22H28N2O.ClH/c1-22(16-23,20-12-13-20)24-21(25)15-19(18-10-6-3-7-11-18)14-17-8-4-2-5-9-17;/h2-11,19-20H,12-16,23H2,1H3,(H,24,25);1H. The smallest absolute Gasteiger partial charge is 0.221 e. The third-order valence-corrected chi connectivity index (χ3v) is 5.36. The van der Waals surface area contributed by atoms with E-state index in [1.165, 1.54) is 24.0 Å². The average Bonchev–Trinajstić information content (AvgIpc) is 3.48. The monoisotopic (exact) mass is 372 g/mol. The van der Waals surface area contributed by atoms with Crippen molar-refractivity contribution in [3.63, 3.8) is 0 Å². The zero-order valence-electron chi connectivity index (χ0n) is 15.4. The largest absolute Gasteiger partial charge is 0.349 e. The first-order valence-electron chi connectivity index (χ1n) is 9.20. The molecule has 0 heterocycles. The van der Waals surface area contributed by atoms with Crippen molar-refractivity contribution >= 4 is 18.3 Å².